The van der Waals surface area contributed by atoms with Crippen LogP contribution in [0.25, 0.3) is 11.3 Å². The number of nitrogens with zero attached hydrogens (tertiary/aromatic N) is 2. The van der Waals surface area contributed by atoms with E-state index in [4.69, 9.17) is 4.74 Å². The van der Waals surface area contributed by atoms with Gasteiger partial charge in [-0.3, -0.25) is 14.2 Å². The SMILES string of the molecule is COc1ccccc1-c1cc(=O)n(CC(=O)Nc2ccccc2)cn1. The summed E-state index contributed by atoms with van der Waals surface area (Å²) in [6.45, 7) is -0.104. The number of para-hydroxylation sites is 2. The minimum atomic E-state index is -0.306. The molecule has 25 heavy (non-hydrogen) atoms. The van der Waals surface area contributed by atoms with Gasteiger partial charge in [0, 0.05) is 17.3 Å². The summed E-state index contributed by atoms with van der Waals surface area (Å²) in [5.74, 6) is 0.342. The zero-order valence-corrected chi connectivity index (χ0v) is 13.7. The molecule has 0 atom stereocenters. The fourth-order valence-electron chi connectivity index (χ4n) is 2.42. The standard InChI is InChI=1S/C19H17N3O3/c1-25-17-10-6-5-9-15(17)16-11-19(24)22(13-20-16)12-18(23)21-14-7-3-2-4-8-14/h2-11,13H,12H2,1H3,(H,21,23). The lowest BCUT2D eigenvalue weighted by Crippen LogP contribution is -2.27. The average Bonchev–Trinajstić information content (AvgIpc) is 2.64. The number of hydrogen-bond acceptors (Lipinski definition) is 4. The Morgan fingerprint density at radius 1 is 1.12 bits per heavy atom. The second kappa shape index (κ2) is 7.44. The number of methoxy groups -OCH3 is 1. The van der Waals surface area contributed by atoms with E-state index in [-0.39, 0.29) is 18.0 Å². The number of carbonyl (C=O) groups excluding carboxylic acids is 1. The molecular weight excluding hydrogens is 318 g/mol. The molecule has 126 valence electrons. The van der Waals surface area contributed by atoms with Gasteiger partial charge in [0.25, 0.3) is 5.56 Å². The summed E-state index contributed by atoms with van der Waals surface area (Å²) < 4.78 is 6.55. The summed E-state index contributed by atoms with van der Waals surface area (Å²) in [6, 6.07) is 17.8. The Bertz CT molecular complexity index is 936. The van der Waals surface area contributed by atoms with Crippen LogP contribution < -0.4 is 15.6 Å². The minimum absolute atomic E-state index is 0.104. The maximum absolute atomic E-state index is 12.3. The predicted octanol–water partition coefficient (Wildman–Crippen LogP) is 2.56. The highest BCUT2D eigenvalue weighted by Gasteiger charge is 2.10. The zero-order chi connectivity index (χ0) is 17.6. The molecule has 3 aromatic rings. The molecule has 0 unspecified atom stereocenters. The Morgan fingerprint density at radius 3 is 2.56 bits per heavy atom. The molecule has 1 aromatic heterocycles. The summed E-state index contributed by atoms with van der Waals surface area (Å²) in [7, 11) is 1.56. The maximum atomic E-state index is 12.3. The van der Waals surface area contributed by atoms with Crippen molar-refractivity contribution in [1.82, 2.24) is 9.55 Å². The fourth-order valence-corrected chi connectivity index (χ4v) is 2.42. The first-order valence-electron chi connectivity index (χ1n) is 7.72. The number of ether oxygens (including phenoxy) is 1. The Balaban J connectivity index is 1.78. The third-order valence-electron chi connectivity index (χ3n) is 3.63. The van der Waals surface area contributed by atoms with E-state index < -0.39 is 0 Å². The average molecular weight is 335 g/mol. The van der Waals surface area contributed by atoms with Crippen molar-refractivity contribution in [2.45, 2.75) is 6.54 Å². The van der Waals surface area contributed by atoms with E-state index in [1.165, 1.54) is 17.0 Å². The van der Waals surface area contributed by atoms with Crippen LogP contribution in [0, 0.1) is 0 Å². The molecular formula is C19H17N3O3. The predicted molar refractivity (Wildman–Crippen MR) is 95.6 cm³/mol. The Labute approximate surface area is 144 Å². The van der Waals surface area contributed by atoms with Gasteiger partial charge in [0.05, 0.1) is 19.1 Å². The highest BCUT2D eigenvalue weighted by Crippen LogP contribution is 2.26. The van der Waals surface area contributed by atoms with Crippen LogP contribution in [0.2, 0.25) is 0 Å². The van der Waals surface area contributed by atoms with Crippen LogP contribution in [0.1, 0.15) is 0 Å². The molecule has 1 amide bonds. The molecule has 0 aliphatic heterocycles. The van der Waals surface area contributed by atoms with Crippen LogP contribution >= 0.6 is 0 Å². The first-order valence-corrected chi connectivity index (χ1v) is 7.72. The van der Waals surface area contributed by atoms with Crippen molar-refractivity contribution < 1.29 is 9.53 Å². The van der Waals surface area contributed by atoms with E-state index in [1.807, 2.05) is 36.4 Å². The summed E-state index contributed by atoms with van der Waals surface area (Å²) in [5.41, 5.74) is 1.60. The molecule has 1 heterocycles. The minimum Gasteiger partial charge on any atom is -0.496 e. The number of benzene rings is 2. The van der Waals surface area contributed by atoms with E-state index in [0.717, 1.165) is 5.56 Å². The van der Waals surface area contributed by atoms with Gasteiger partial charge in [0.1, 0.15) is 12.3 Å². The Morgan fingerprint density at radius 2 is 1.84 bits per heavy atom. The smallest absolute Gasteiger partial charge is 0.254 e. The van der Waals surface area contributed by atoms with Crippen LogP contribution in [0.15, 0.2) is 71.8 Å². The van der Waals surface area contributed by atoms with Gasteiger partial charge in [-0.05, 0) is 24.3 Å². The van der Waals surface area contributed by atoms with Crippen molar-refractivity contribution in [3.8, 4) is 17.0 Å². The van der Waals surface area contributed by atoms with Gasteiger partial charge in [-0.25, -0.2) is 4.98 Å². The number of rotatable bonds is 5. The van der Waals surface area contributed by atoms with Gasteiger partial charge in [-0.2, -0.15) is 0 Å². The quantitative estimate of drug-likeness (QED) is 0.778. The van der Waals surface area contributed by atoms with Crippen LogP contribution in [-0.4, -0.2) is 22.6 Å². The summed E-state index contributed by atoms with van der Waals surface area (Å²) >= 11 is 0. The van der Waals surface area contributed by atoms with E-state index in [0.29, 0.717) is 17.1 Å². The molecule has 0 aliphatic rings. The lowest BCUT2D eigenvalue weighted by molar-refractivity contribution is -0.116. The number of carbonyl (C=O) groups is 1. The largest absolute Gasteiger partial charge is 0.496 e. The van der Waals surface area contributed by atoms with Crippen LogP contribution in [0.3, 0.4) is 0 Å². The molecule has 0 saturated carbocycles. The fraction of sp³-hybridized carbons (Fsp3) is 0.105. The summed E-state index contributed by atoms with van der Waals surface area (Å²) in [5, 5.41) is 2.74. The van der Waals surface area contributed by atoms with Crippen molar-refractivity contribution in [3.63, 3.8) is 0 Å². The molecule has 0 saturated heterocycles. The topological polar surface area (TPSA) is 73.2 Å². The van der Waals surface area contributed by atoms with Crippen molar-refractivity contribution in [1.29, 1.82) is 0 Å². The third-order valence-corrected chi connectivity index (χ3v) is 3.63. The number of aromatic nitrogens is 2. The van der Waals surface area contributed by atoms with Gasteiger partial charge >= 0.3 is 0 Å². The Kier molecular flexibility index (Phi) is 4.89. The second-order valence-corrected chi connectivity index (χ2v) is 5.35. The molecule has 6 heteroatoms. The Hall–Kier alpha value is -3.41. The molecule has 0 bridgehead atoms. The molecule has 6 nitrogen and oxygen atoms in total. The molecule has 1 N–H and O–H groups in total. The first kappa shape index (κ1) is 16.4. The molecule has 0 aliphatic carbocycles. The first-order chi connectivity index (χ1) is 12.2. The third kappa shape index (κ3) is 3.92. The number of anilines is 1. The number of amides is 1. The zero-order valence-electron chi connectivity index (χ0n) is 13.7. The lowest BCUT2D eigenvalue weighted by Gasteiger charge is -2.09. The lowest BCUT2D eigenvalue weighted by atomic mass is 10.1. The van der Waals surface area contributed by atoms with Gasteiger partial charge in [-0.1, -0.05) is 30.3 Å². The molecule has 2 aromatic carbocycles. The van der Waals surface area contributed by atoms with Crippen molar-refractivity contribution in [2.24, 2.45) is 0 Å². The highest BCUT2D eigenvalue weighted by molar-refractivity contribution is 5.90. The van der Waals surface area contributed by atoms with Gasteiger partial charge < -0.3 is 10.1 Å². The second-order valence-electron chi connectivity index (χ2n) is 5.35. The van der Waals surface area contributed by atoms with Gasteiger partial charge in [0.15, 0.2) is 0 Å². The normalized spacial score (nSPS) is 10.3. The summed E-state index contributed by atoms with van der Waals surface area (Å²) in [6.07, 6.45) is 1.37. The molecule has 0 fully saturated rings. The van der Waals surface area contributed by atoms with E-state index in [9.17, 15) is 9.59 Å². The van der Waals surface area contributed by atoms with Crippen molar-refractivity contribution >= 4 is 11.6 Å². The number of nitrogens with one attached hydrogen (secondary N) is 1. The van der Waals surface area contributed by atoms with E-state index >= 15 is 0 Å². The monoisotopic (exact) mass is 335 g/mol. The van der Waals surface area contributed by atoms with Crippen molar-refractivity contribution in [3.05, 3.63) is 77.3 Å². The van der Waals surface area contributed by atoms with Gasteiger partial charge in [0.2, 0.25) is 5.91 Å². The maximum Gasteiger partial charge on any atom is 0.254 e. The molecule has 3 rings (SSSR count). The van der Waals surface area contributed by atoms with E-state index in [1.54, 1.807) is 25.3 Å². The van der Waals surface area contributed by atoms with E-state index in [2.05, 4.69) is 10.3 Å². The van der Waals surface area contributed by atoms with Crippen molar-refractivity contribution in [2.75, 3.05) is 12.4 Å². The molecule has 0 radical (unpaired) electrons. The highest BCUT2D eigenvalue weighted by atomic mass is 16.5. The van der Waals surface area contributed by atoms with Crippen LogP contribution in [-0.2, 0) is 11.3 Å². The van der Waals surface area contributed by atoms with Crippen LogP contribution in [0.5, 0.6) is 5.75 Å². The number of hydrogen-bond donors (Lipinski definition) is 1. The summed E-state index contributed by atoms with van der Waals surface area (Å²) in [4.78, 5) is 28.7. The van der Waals surface area contributed by atoms with Gasteiger partial charge in [-0.15, -0.1) is 0 Å². The molecule has 0 spiro atoms. The van der Waals surface area contributed by atoms with Crippen LogP contribution in [0.4, 0.5) is 5.69 Å².